The number of rotatable bonds is 2. The quantitative estimate of drug-likeness (QED) is 0.749. The third-order valence-corrected chi connectivity index (χ3v) is 4.16. The molecule has 0 spiro atoms. The van der Waals surface area contributed by atoms with Gasteiger partial charge in [-0.25, -0.2) is 4.98 Å². The minimum atomic E-state index is -0.0584. The number of methoxy groups -OCH3 is 1. The molecule has 0 amide bonds. The number of thiazole rings is 1. The van der Waals surface area contributed by atoms with E-state index in [4.69, 9.17) is 4.74 Å². The SMILES string of the molecule is COC1(c2ncc(C)s2)CCCCC1. The molecule has 1 aromatic rings. The van der Waals surface area contributed by atoms with Crippen molar-refractivity contribution in [2.24, 2.45) is 0 Å². The zero-order valence-corrected chi connectivity index (χ0v) is 9.69. The largest absolute Gasteiger partial charge is 0.371 e. The van der Waals surface area contributed by atoms with Gasteiger partial charge in [-0.1, -0.05) is 19.3 Å². The number of ether oxygens (including phenoxy) is 1. The molecule has 1 aliphatic carbocycles. The Morgan fingerprint density at radius 2 is 2.07 bits per heavy atom. The first-order valence-corrected chi connectivity index (χ1v) is 6.06. The second-order valence-electron chi connectivity index (χ2n) is 4.04. The molecule has 14 heavy (non-hydrogen) atoms. The van der Waals surface area contributed by atoms with Gasteiger partial charge < -0.3 is 4.74 Å². The standard InChI is InChI=1S/C11H17NOS/c1-9-8-12-10(14-9)11(13-2)6-4-3-5-7-11/h8H,3-7H2,1-2H3. The Kier molecular flexibility index (Phi) is 2.88. The Morgan fingerprint density at radius 1 is 1.36 bits per heavy atom. The van der Waals surface area contributed by atoms with E-state index in [0.29, 0.717) is 0 Å². The van der Waals surface area contributed by atoms with Crippen LogP contribution in [0.5, 0.6) is 0 Å². The van der Waals surface area contributed by atoms with Gasteiger partial charge in [0.25, 0.3) is 0 Å². The van der Waals surface area contributed by atoms with E-state index in [2.05, 4.69) is 11.9 Å². The molecule has 1 aromatic heterocycles. The van der Waals surface area contributed by atoms with Crippen molar-refractivity contribution in [3.05, 3.63) is 16.1 Å². The van der Waals surface area contributed by atoms with Crippen molar-refractivity contribution >= 4 is 11.3 Å². The maximum absolute atomic E-state index is 5.73. The number of hydrogen-bond acceptors (Lipinski definition) is 3. The lowest BCUT2D eigenvalue weighted by Gasteiger charge is -2.33. The molecule has 0 saturated heterocycles. The van der Waals surface area contributed by atoms with Gasteiger partial charge in [0, 0.05) is 18.2 Å². The highest BCUT2D eigenvalue weighted by molar-refractivity contribution is 7.11. The van der Waals surface area contributed by atoms with Crippen molar-refractivity contribution < 1.29 is 4.74 Å². The number of hydrogen-bond donors (Lipinski definition) is 0. The van der Waals surface area contributed by atoms with Crippen molar-refractivity contribution in [1.82, 2.24) is 4.98 Å². The Balaban J connectivity index is 2.26. The fourth-order valence-corrected chi connectivity index (χ4v) is 3.18. The highest BCUT2D eigenvalue weighted by Crippen LogP contribution is 2.41. The molecule has 0 N–H and O–H groups in total. The number of aryl methyl sites for hydroxylation is 1. The molecule has 0 atom stereocenters. The van der Waals surface area contributed by atoms with Crippen LogP contribution in [0, 0.1) is 6.92 Å². The van der Waals surface area contributed by atoms with Gasteiger partial charge in [0.1, 0.15) is 10.6 Å². The highest BCUT2D eigenvalue weighted by atomic mass is 32.1. The molecule has 2 nitrogen and oxygen atoms in total. The lowest BCUT2D eigenvalue weighted by Crippen LogP contribution is -2.30. The Morgan fingerprint density at radius 3 is 2.57 bits per heavy atom. The van der Waals surface area contributed by atoms with Crippen LogP contribution in [0.3, 0.4) is 0 Å². The topological polar surface area (TPSA) is 22.1 Å². The van der Waals surface area contributed by atoms with Crippen molar-refractivity contribution in [3.8, 4) is 0 Å². The normalized spacial score (nSPS) is 21.0. The third-order valence-electron chi connectivity index (χ3n) is 3.06. The van der Waals surface area contributed by atoms with Gasteiger partial charge in [0.05, 0.1) is 0 Å². The summed E-state index contributed by atoms with van der Waals surface area (Å²) in [5, 5.41) is 1.18. The summed E-state index contributed by atoms with van der Waals surface area (Å²) >= 11 is 1.78. The van der Waals surface area contributed by atoms with Gasteiger partial charge in [0.15, 0.2) is 0 Å². The molecule has 1 aliphatic rings. The van der Waals surface area contributed by atoms with Crippen LogP contribution in [0.4, 0.5) is 0 Å². The van der Waals surface area contributed by atoms with E-state index in [1.54, 1.807) is 11.3 Å². The highest BCUT2D eigenvalue weighted by Gasteiger charge is 2.36. The summed E-state index contributed by atoms with van der Waals surface area (Å²) in [4.78, 5) is 5.76. The van der Waals surface area contributed by atoms with Crippen molar-refractivity contribution in [1.29, 1.82) is 0 Å². The van der Waals surface area contributed by atoms with E-state index in [0.717, 1.165) is 12.8 Å². The Labute approximate surface area is 89.3 Å². The summed E-state index contributed by atoms with van der Waals surface area (Å²) in [5.41, 5.74) is -0.0584. The second kappa shape index (κ2) is 3.99. The first kappa shape index (κ1) is 10.1. The molecule has 0 unspecified atom stereocenters. The van der Waals surface area contributed by atoms with Crippen LogP contribution in [0.15, 0.2) is 6.20 Å². The van der Waals surface area contributed by atoms with Crippen LogP contribution in [0.1, 0.15) is 42.0 Å². The molecule has 78 valence electrons. The summed E-state index contributed by atoms with van der Waals surface area (Å²) in [7, 11) is 1.82. The summed E-state index contributed by atoms with van der Waals surface area (Å²) in [6.45, 7) is 2.10. The van der Waals surface area contributed by atoms with E-state index >= 15 is 0 Å². The molecule has 1 saturated carbocycles. The van der Waals surface area contributed by atoms with Gasteiger partial charge in [-0.3, -0.25) is 0 Å². The average Bonchev–Trinajstić information content (AvgIpc) is 2.66. The number of nitrogens with zero attached hydrogens (tertiary/aromatic N) is 1. The molecule has 0 aliphatic heterocycles. The predicted molar refractivity (Wildman–Crippen MR) is 58.6 cm³/mol. The summed E-state index contributed by atoms with van der Waals surface area (Å²) in [6, 6.07) is 0. The fraction of sp³-hybridized carbons (Fsp3) is 0.727. The molecule has 1 fully saturated rings. The van der Waals surface area contributed by atoms with E-state index < -0.39 is 0 Å². The first-order valence-electron chi connectivity index (χ1n) is 5.25. The third kappa shape index (κ3) is 1.71. The van der Waals surface area contributed by atoms with Crippen LogP contribution in [-0.4, -0.2) is 12.1 Å². The molecule has 0 radical (unpaired) electrons. The molecule has 2 rings (SSSR count). The maximum atomic E-state index is 5.73. The van der Waals surface area contributed by atoms with Gasteiger partial charge in [-0.2, -0.15) is 0 Å². The summed E-state index contributed by atoms with van der Waals surface area (Å²) in [5.74, 6) is 0. The fourth-order valence-electron chi connectivity index (χ4n) is 2.19. The van der Waals surface area contributed by atoms with Crippen LogP contribution < -0.4 is 0 Å². The lowest BCUT2D eigenvalue weighted by molar-refractivity contribution is -0.0446. The van der Waals surface area contributed by atoms with E-state index in [1.807, 2.05) is 13.3 Å². The van der Waals surface area contributed by atoms with Crippen molar-refractivity contribution in [2.45, 2.75) is 44.6 Å². The first-order chi connectivity index (χ1) is 6.77. The van der Waals surface area contributed by atoms with Crippen LogP contribution in [0.2, 0.25) is 0 Å². The van der Waals surface area contributed by atoms with Gasteiger partial charge in [-0.15, -0.1) is 11.3 Å². The van der Waals surface area contributed by atoms with E-state index in [9.17, 15) is 0 Å². The lowest BCUT2D eigenvalue weighted by atomic mass is 9.85. The summed E-state index contributed by atoms with van der Waals surface area (Å²) < 4.78 is 5.73. The van der Waals surface area contributed by atoms with Crippen LogP contribution >= 0.6 is 11.3 Å². The van der Waals surface area contributed by atoms with E-state index in [-0.39, 0.29) is 5.60 Å². The van der Waals surface area contributed by atoms with Gasteiger partial charge in [0.2, 0.25) is 0 Å². The predicted octanol–water partition coefficient (Wildman–Crippen LogP) is 3.26. The molecular weight excluding hydrogens is 194 g/mol. The molecular formula is C11H17NOS. The zero-order valence-electron chi connectivity index (χ0n) is 8.88. The average molecular weight is 211 g/mol. The molecule has 0 aromatic carbocycles. The minimum absolute atomic E-state index is 0.0584. The Bertz CT molecular complexity index is 302. The molecule has 3 heteroatoms. The Hall–Kier alpha value is -0.410. The second-order valence-corrected chi connectivity index (χ2v) is 5.27. The zero-order chi connectivity index (χ0) is 10.0. The van der Waals surface area contributed by atoms with Crippen LogP contribution in [0.25, 0.3) is 0 Å². The van der Waals surface area contributed by atoms with Crippen LogP contribution in [-0.2, 0) is 10.3 Å². The molecule has 0 bridgehead atoms. The van der Waals surface area contributed by atoms with Crippen molar-refractivity contribution in [2.75, 3.05) is 7.11 Å². The molecule has 1 heterocycles. The number of aromatic nitrogens is 1. The van der Waals surface area contributed by atoms with E-state index in [1.165, 1.54) is 29.1 Å². The maximum Gasteiger partial charge on any atom is 0.125 e. The monoisotopic (exact) mass is 211 g/mol. The van der Waals surface area contributed by atoms with Gasteiger partial charge >= 0.3 is 0 Å². The smallest absolute Gasteiger partial charge is 0.125 e. The van der Waals surface area contributed by atoms with Crippen molar-refractivity contribution in [3.63, 3.8) is 0 Å². The van der Waals surface area contributed by atoms with Gasteiger partial charge in [-0.05, 0) is 19.8 Å². The summed E-state index contributed by atoms with van der Waals surface area (Å²) in [6.07, 6.45) is 8.11. The minimum Gasteiger partial charge on any atom is -0.371 e.